The highest BCUT2D eigenvalue weighted by molar-refractivity contribution is 5.83. The molecule has 2 N–H and O–H groups in total. The number of carbonyl (C=O) groups excluding carboxylic acids is 1. The van der Waals surface area contributed by atoms with Gasteiger partial charge in [0, 0.05) is 13.0 Å². The van der Waals surface area contributed by atoms with Gasteiger partial charge in [0.1, 0.15) is 16.9 Å². The third-order valence-corrected chi connectivity index (χ3v) is 4.63. The maximum atomic E-state index is 12.3. The Morgan fingerprint density at radius 1 is 1.07 bits per heavy atom. The Kier molecular flexibility index (Phi) is 6.82. The molecule has 0 aliphatic heterocycles. The van der Waals surface area contributed by atoms with Gasteiger partial charge in [0.2, 0.25) is 5.91 Å². The molecule has 6 nitrogen and oxygen atoms in total. The first-order valence-electron chi connectivity index (χ1n) is 8.67. The first-order chi connectivity index (χ1) is 12.9. The Labute approximate surface area is 159 Å². The lowest BCUT2D eigenvalue weighted by Crippen LogP contribution is -2.44. The number of aliphatic carboxylic acids is 1. The number of benzene rings is 2. The summed E-state index contributed by atoms with van der Waals surface area (Å²) in [6.07, 6.45) is 0.676. The number of aryl methyl sites for hydroxylation is 1. The molecule has 0 aliphatic rings. The highest BCUT2D eigenvalue weighted by Crippen LogP contribution is 2.26. The summed E-state index contributed by atoms with van der Waals surface area (Å²) < 4.78 is 10.5. The average molecular weight is 371 g/mol. The fourth-order valence-corrected chi connectivity index (χ4v) is 2.80. The number of carboxylic acids is 1. The number of ether oxygens (including phenoxy) is 2. The van der Waals surface area contributed by atoms with E-state index >= 15 is 0 Å². The van der Waals surface area contributed by atoms with E-state index in [0.717, 1.165) is 5.56 Å². The fourth-order valence-electron chi connectivity index (χ4n) is 2.80. The summed E-state index contributed by atoms with van der Waals surface area (Å²) >= 11 is 0. The van der Waals surface area contributed by atoms with Gasteiger partial charge in [-0.1, -0.05) is 30.3 Å². The van der Waals surface area contributed by atoms with E-state index in [1.54, 1.807) is 57.5 Å². The third kappa shape index (κ3) is 5.00. The zero-order chi connectivity index (χ0) is 19.9. The number of amides is 1. The summed E-state index contributed by atoms with van der Waals surface area (Å²) in [6, 6.07) is 14.3. The van der Waals surface area contributed by atoms with Crippen LogP contribution in [-0.4, -0.2) is 37.7 Å². The smallest absolute Gasteiger partial charge is 0.315 e. The van der Waals surface area contributed by atoms with E-state index in [2.05, 4.69) is 5.32 Å². The third-order valence-electron chi connectivity index (χ3n) is 4.63. The number of hydrogen-bond acceptors (Lipinski definition) is 4. The molecular weight excluding hydrogens is 346 g/mol. The van der Waals surface area contributed by atoms with E-state index in [4.69, 9.17) is 9.47 Å². The molecule has 0 saturated carbocycles. The van der Waals surface area contributed by atoms with Crippen LogP contribution in [0.5, 0.6) is 11.5 Å². The van der Waals surface area contributed by atoms with Crippen LogP contribution in [0.4, 0.5) is 0 Å². The van der Waals surface area contributed by atoms with Crippen molar-refractivity contribution >= 4 is 11.9 Å². The minimum absolute atomic E-state index is 0.0143. The quantitative estimate of drug-likeness (QED) is 0.708. The Morgan fingerprint density at radius 3 is 2.37 bits per heavy atom. The molecule has 1 atom stereocenters. The van der Waals surface area contributed by atoms with Gasteiger partial charge in [-0.3, -0.25) is 9.59 Å². The fraction of sp³-hybridized carbons (Fsp3) is 0.333. The van der Waals surface area contributed by atoms with Gasteiger partial charge in [0.15, 0.2) is 0 Å². The van der Waals surface area contributed by atoms with E-state index in [0.29, 0.717) is 23.5 Å². The van der Waals surface area contributed by atoms with Crippen molar-refractivity contribution < 1.29 is 24.2 Å². The van der Waals surface area contributed by atoms with Crippen molar-refractivity contribution in [1.29, 1.82) is 0 Å². The minimum atomic E-state index is -1.19. The molecule has 2 rings (SSSR count). The molecule has 0 radical (unpaired) electrons. The zero-order valence-corrected chi connectivity index (χ0v) is 15.8. The maximum Gasteiger partial charge on any atom is 0.315 e. The van der Waals surface area contributed by atoms with Crippen LogP contribution in [0, 0.1) is 0 Å². The number of carboxylic acid groups (broad SMARTS) is 1. The molecule has 0 saturated heterocycles. The van der Waals surface area contributed by atoms with E-state index in [9.17, 15) is 14.7 Å². The Balaban J connectivity index is 2.00. The van der Waals surface area contributed by atoms with Crippen LogP contribution >= 0.6 is 0 Å². The van der Waals surface area contributed by atoms with Crippen molar-refractivity contribution in [2.75, 3.05) is 20.8 Å². The van der Waals surface area contributed by atoms with Gasteiger partial charge in [-0.05, 0) is 42.7 Å². The molecule has 0 aromatic heterocycles. The first-order valence-corrected chi connectivity index (χ1v) is 8.67. The molecule has 1 amide bonds. The highest BCUT2D eigenvalue weighted by Gasteiger charge is 2.35. The van der Waals surface area contributed by atoms with Gasteiger partial charge in [0.05, 0.1) is 14.2 Å². The molecule has 2 aromatic carbocycles. The van der Waals surface area contributed by atoms with E-state index in [1.807, 2.05) is 12.1 Å². The number of carbonyl (C=O) groups is 2. The predicted octanol–water partition coefficient (Wildman–Crippen LogP) is 2.80. The molecule has 6 heteroatoms. The monoisotopic (exact) mass is 371 g/mol. The molecule has 0 spiro atoms. The lowest BCUT2D eigenvalue weighted by Gasteiger charge is -2.25. The van der Waals surface area contributed by atoms with Crippen LogP contribution in [0.25, 0.3) is 0 Å². The summed E-state index contributed by atoms with van der Waals surface area (Å²) in [6.45, 7) is 1.62. The second-order valence-electron chi connectivity index (χ2n) is 6.46. The van der Waals surface area contributed by atoms with Gasteiger partial charge in [-0.25, -0.2) is 0 Å². The molecule has 0 heterocycles. The minimum Gasteiger partial charge on any atom is -0.497 e. The van der Waals surface area contributed by atoms with Crippen LogP contribution in [0.15, 0.2) is 48.5 Å². The van der Waals surface area contributed by atoms with Gasteiger partial charge in [0.25, 0.3) is 0 Å². The predicted molar refractivity (Wildman–Crippen MR) is 102 cm³/mol. The van der Waals surface area contributed by atoms with Gasteiger partial charge in [-0.15, -0.1) is 0 Å². The highest BCUT2D eigenvalue weighted by atomic mass is 16.5. The van der Waals surface area contributed by atoms with Gasteiger partial charge < -0.3 is 19.9 Å². The average Bonchev–Trinajstić information content (AvgIpc) is 2.70. The summed E-state index contributed by atoms with van der Waals surface area (Å²) in [5.74, 6) is 0.170. The molecule has 0 aliphatic carbocycles. The van der Waals surface area contributed by atoms with Crippen molar-refractivity contribution in [2.45, 2.75) is 25.2 Å². The van der Waals surface area contributed by atoms with Crippen molar-refractivity contribution in [3.8, 4) is 11.5 Å². The molecule has 27 heavy (non-hydrogen) atoms. The van der Waals surface area contributed by atoms with Gasteiger partial charge in [-0.2, -0.15) is 0 Å². The van der Waals surface area contributed by atoms with Crippen LogP contribution in [0.1, 0.15) is 24.5 Å². The number of nitrogens with one attached hydrogen (secondary N) is 1. The summed E-state index contributed by atoms with van der Waals surface area (Å²) in [7, 11) is 3.15. The van der Waals surface area contributed by atoms with Crippen LogP contribution in [0.3, 0.4) is 0 Å². The van der Waals surface area contributed by atoms with Crippen LogP contribution < -0.4 is 14.8 Å². The second-order valence-corrected chi connectivity index (χ2v) is 6.46. The van der Waals surface area contributed by atoms with E-state index in [-0.39, 0.29) is 18.9 Å². The molecule has 0 bridgehead atoms. The maximum absolute atomic E-state index is 12.3. The van der Waals surface area contributed by atoms with Gasteiger partial charge >= 0.3 is 5.97 Å². The van der Waals surface area contributed by atoms with E-state index in [1.165, 1.54) is 0 Å². The Hall–Kier alpha value is -3.02. The lowest BCUT2D eigenvalue weighted by atomic mass is 9.82. The van der Waals surface area contributed by atoms with Crippen molar-refractivity contribution in [1.82, 2.24) is 5.32 Å². The van der Waals surface area contributed by atoms with E-state index < -0.39 is 11.4 Å². The summed E-state index contributed by atoms with van der Waals surface area (Å²) in [4.78, 5) is 24.1. The van der Waals surface area contributed by atoms with Crippen LogP contribution in [0.2, 0.25) is 0 Å². The van der Waals surface area contributed by atoms with Crippen molar-refractivity contribution in [3.63, 3.8) is 0 Å². The molecule has 1 unspecified atom stereocenters. The number of methoxy groups -OCH3 is 2. The van der Waals surface area contributed by atoms with Crippen molar-refractivity contribution in [3.05, 3.63) is 59.7 Å². The largest absolute Gasteiger partial charge is 0.497 e. The first kappa shape index (κ1) is 20.3. The normalized spacial score (nSPS) is 12.7. The topological polar surface area (TPSA) is 84.9 Å². The lowest BCUT2D eigenvalue weighted by molar-refractivity contribution is -0.143. The van der Waals surface area contributed by atoms with Crippen LogP contribution in [-0.2, 0) is 21.4 Å². The summed E-state index contributed by atoms with van der Waals surface area (Å²) in [5, 5.41) is 12.4. The summed E-state index contributed by atoms with van der Waals surface area (Å²) in [5.41, 5.74) is 0.313. The molecule has 2 aromatic rings. The standard InChI is InChI=1S/C21H25NO5/c1-21(20(24)25,16-7-5-4-6-8-16)14-22-19(23)12-9-15-13-17(26-2)10-11-18(15)27-3/h4-8,10-11,13H,9,12,14H2,1-3H3,(H,22,23)(H,24,25). The number of hydrogen-bond donors (Lipinski definition) is 2. The molecular formula is C21H25NO5. The Bertz CT molecular complexity index is 790. The van der Waals surface area contributed by atoms with Crippen molar-refractivity contribution in [2.24, 2.45) is 0 Å². The Morgan fingerprint density at radius 2 is 1.78 bits per heavy atom. The number of rotatable bonds is 9. The zero-order valence-electron chi connectivity index (χ0n) is 15.8. The SMILES string of the molecule is COc1ccc(OC)c(CCC(=O)NCC(C)(C(=O)O)c2ccccc2)c1. The molecule has 0 fully saturated rings. The molecule has 144 valence electrons. The second kappa shape index (κ2) is 9.07.